The molecule has 1 aromatic carbocycles. The maximum atomic E-state index is 12.8. The lowest BCUT2D eigenvalue weighted by atomic mass is 10.3. The van der Waals surface area contributed by atoms with Crippen LogP contribution in [0.1, 0.15) is 5.69 Å². The molecule has 0 aliphatic carbocycles. The highest BCUT2D eigenvalue weighted by Gasteiger charge is 2.03. The van der Waals surface area contributed by atoms with Gasteiger partial charge in [0.2, 0.25) is 0 Å². The largest absolute Gasteiger partial charge is 0.485 e. The Balaban J connectivity index is 2.04. The molecular weight excluding hydrogens is 209 g/mol. The predicted octanol–water partition coefficient (Wildman–Crippen LogP) is 1.72. The average molecular weight is 221 g/mol. The maximum absolute atomic E-state index is 12.8. The van der Waals surface area contributed by atoms with Crippen LogP contribution in [0.5, 0.6) is 5.75 Å². The summed E-state index contributed by atoms with van der Waals surface area (Å²) < 4.78 is 19.9. The minimum Gasteiger partial charge on any atom is -0.485 e. The van der Waals surface area contributed by atoms with Gasteiger partial charge >= 0.3 is 0 Å². The normalized spacial score (nSPS) is 10.4. The number of hydrogen-bond acceptors (Lipinski definition) is 3. The van der Waals surface area contributed by atoms with E-state index < -0.39 is 0 Å². The van der Waals surface area contributed by atoms with Gasteiger partial charge in [0.1, 0.15) is 18.2 Å². The van der Waals surface area contributed by atoms with E-state index in [1.807, 2.05) is 19.3 Å². The second-order valence-corrected chi connectivity index (χ2v) is 3.45. The number of aryl methyl sites for hydroxylation is 1. The van der Waals surface area contributed by atoms with Crippen LogP contribution in [0.3, 0.4) is 0 Å². The van der Waals surface area contributed by atoms with E-state index in [-0.39, 0.29) is 11.5 Å². The number of aromatic nitrogens is 2. The van der Waals surface area contributed by atoms with Crippen LogP contribution in [-0.4, -0.2) is 9.78 Å². The fourth-order valence-electron chi connectivity index (χ4n) is 1.34. The Morgan fingerprint density at radius 2 is 2.25 bits per heavy atom. The van der Waals surface area contributed by atoms with E-state index in [2.05, 4.69) is 5.10 Å². The Hall–Kier alpha value is -2.04. The van der Waals surface area contributed by atoms with Gasteiger partial charge < -0.3 is 10.5 Å². The lowest BCUT2D eigenvalue weighted by Crippen LogP contribution is -2.00. The van der Waals surface area contributed by atoms with Gasteiger partial charge in [0.05, 0.1) is 11.4 Å². The summed E-state index contributed by atoms with van der Waals surface area (Å²) in [7, 11) is 1.83. The number of ether oxygens (including phenoxy) is 1. The van der Waals surface area contributed by atoms with E-state index in [0.717, 1.165) is 5.69 Å². The summed E-state index contributed by atoms with van der Waals surface area (Å²) >= 11 is 0. The Labute approximate surface area is 92.4 Å². The van der Waals surface area contributed by atoms with Crippen molar-refractivity contribution in [1.82, 2.24) is 9.78 Å². The lowest BCUT2D eigenvalue weighted by molar-refractivity contribution is 0.301. The van der Waals surface area contributed by atoms with Gasteiger partial charge in [-0.3, -0.25) is 4.68 Å². The summed E-state index contributed by atoms with van der Waals surface area (Å²) in [6.07, 6.45) is 1.83. The number of anilines is 1. The molecule has 0 radical (unpaired) electrons. The van der Waals surface area contributed by atoms with E-state index in [1.165, 1.54) is 18.2 Å². The van der Waals surface area contributed by atoms with E-state index >= 15 is 0 Å². The third kappa shape index (κ3) is 2.31. The number of halogens is 1. The lowest BCUT2D eigenvalue weighted by Gasteiger charge is -2.06. The van der Waals surface area contributed by atoms with Crippen LogP contribution in [0, 0.1) is 5.82 Å². The minimum absolute atomic E-state index is 0.288. The van der Waals surface area contributed by atoms with Gasteiger partial charge in [0.25, 0.3) is 0 Å². The molecule has 0 unspecified atom stereocenters. The molecule has 0 fully saturated rings. The molecule has 0 aliphatic heterocycles. The van der Waals surface area contributed by atoms with Crippen molar-refractivity contribution in [3.8, 4) is 5.75 Å². The first kappa shape index (κ1) is 10.5. The topological polar surface area (TPSA) is 53.1 Å². The first-order valence-corrected chi connectivity index (χ1v) is 4.81. The summed E-state index contributed by atoms with van der Waals surface area (Å²) in [5, 5.41) is 4.15. The molecule has 2 N–H and O–H groups in total. The number of nitrogens with two attached hydrogens (primary N) is 1. The summed E-state index contributed by atoms with van der Waals surface area (Å²) in [4.78, 5) is 0. The highest BCUT2D eigenvalue weighted by atomic mass is 19.1. The van der Waals surface area contributed by atoms with Crippen LogP contribution >= 0.6 is 0 Å². The number of nitrogen functional groups attached to an aromatic ring is 1. The molecule has 0 atom stereocenters. The Kier molecular flexibility index (Phi) is 2.76. The van der Waals surface area contributed by atoms with Crippen LogP contribution in [0.4, 0.5) is 10.1 Å². The van der Waals surface area contributed by atoms with Crippen molar-refractivity contribution in [3.63, 3.8) is 0 Å². The Bertz CT molecular complexity index is 496. The van der Waals surface area contributed by atoms with Gasteiger partial charge in [-0.2, -0.15) is 5.10 Å². The summed E-state index contributed by atoms with van der Waals surface area (Å²) in [5.41, 5.74) is 6.69. The molecular formula is C11H12FN3O. The van der Waals surface area contributed by atoms with Gasteiger partial charge in [-0.15, -0.1) is 0 Å². The number of benzene rings is 1. The van der Waals surface area contributed by atoms with Crippen LogP contribution in [0.15, 0.2) is 30.5 Å². The second kappa shape index (κ2) is 4.22. The van der Waals surface area contributed by atoms with Crippen LogP contribution in [-0.2, 0) is 13.7 Å². The molecule has 2 rings (SSSR count). The van der Waals surface area contributed by atoms with Gasteiger partial charge in [-0.25, -0.2) is 4.39 Å². The molecule has 0 amide bonds. The number of rotatable bonds is 3. The first-order valence-electron chi connectivity index (χ1n) is 4.81. The third-order valence-corrected chi connectivity index (χ3v) is 2.12. The quantitative estimate of drug-likeness (QED) is 0.803. The van der Waals surface area contributed by atoms with E-state index in [4.69, 9.17) is 10.5 Å². The molecule has 0 saturated carbocycles. The molecule has 0 bridgehead atoms. The van der Waals surface area contributed by atoms with Crippen molar-refractivity contribution >= 4 is 5.69 Å². The van der Waals surface area contributed by atoms with Gasteiger partial charge in [-0.05, 0) is 18.2 Å². The summed E-state index contributed by atoms with van der Waals surface area (Å²) in [5.74, 6) is 0.0924. The zero-order chi connectivity index (χ0) is 11.5. The van der Waals surface area contributed by atoms with Crippen LogP contribution in [0.2, 0.25) is 0 Å². The molecule has 4 nitrogen and oxygen atoms in total. The van der Waals surface area contributed by atoms with E-state index in [9.17, 15) is 4.39 Å². The molecule has 1 aromatic heterocycles. The van der Waals surface area contributed by atoms with Crippen molar-refractivity contribution < 1.29 is 9.13 Å². The summed E-state index contributed by atoms with van der Waals surface area (Å²) in [6.45, 7) is 0.316. The third-order valence-electron chi connectivity index (χ3n) is 2.12. The molecule has 16 heavy (non-hydrogen) atoms. The second-order valence-electron chi connectivity index (χ2n) is 3.45. The predicted molar refractivity (Wildman–Crippen MR) is 58.4 cm³/mol. The number of hydrogen-bond donors (Lipinski definition) is 1. The zero-order valence-corrected chi connectivity index (χ0v) is 8.85. The minimum atomic E-state index is -0.373. The molecule has 0 saturated heterocycles. The molecule has 1 heterocycles. The monoisotopic (exact) mass is 221 g/mol. The average Bonchev–Trinajstić information content (AvgIpc) is 2.63. The Morgan fingerprint density at radius 3 is 2.88 bits per heavy atom. The molecule has 84 valence electrons. The van der Waals surface area contributed by atoms with Gasteiger partial charge in [0, 0.05) is 19.3 Å². The van der Waals surface area contributed by atoms with E-state index in [1.54, 1.807) is 4.68 Å². The Morgan fingerprint density at radius 1 is 1.44 bits per heavy atom. The van der Waals surface area contributed by atoms with Crippen LogP contribution in [0.25, 0.3) is 0 Å². The van der Waals surface area contributed by atoms with Crippen molar-refractivity contribution in [3.05, 3.63) is 42.0 Å². The highest BCUT2D eigenvalue weighted by molar-refractivity contribution is 5.52. The smallest absolute Gasteiger partial charge is 0.142 e. The van der Waals surface area contributed by atoms with Crippen molar-refractivity contribution in [2.24, 2.45) is 7.05 Å². The molecule has 2 aromatic rings. The van der Waals surface area contributed by atoms with Crippen molar-refractivity contribution in [2.45, 2.75) is 6.61 Å². The van der Waals surface area contributed by atoms with Crippen molar-refractivity contribution in [1.29, 1.82) is 0 Å². The van der Waals surface area contributed by atoms with E-state index in [0.29, 0.717) is 12.4 Å². The molecule has 5 heteroatoms. The fourth-order valence-corrected chi connectivity index (χ4v) is 1.34. The van der Waals surface area contributed by atoms with Gasteiger partial charge in [-0.1, -0.05) is 0 Å². The fraction of sp³-hybridized carbons (Fsp3) is 0.182. The SMILES string of the molecule is Cn1ccc(COc2ccc(F)cc2N)n1. The summed E-state index contributed by atoms with van der Waals surface area (Å²) in [6, 6.07) is 5.89. The zero-order valence-electron chi connectivity index (χ0n) is 8.85. The number of nitrogens with zero attached hydrogens (tertiary/aromatic N) is 2. The van der Waals surface area contributed by atoms with Gasteiger partial charge in [0.15, 0.2) is 0 Å². The molecule has 0 aliphatic rings. The standard InChI is InChI=1S/C11H12FN3O/c1-15-5-4-9(14-15)7-16-11-3-2-8(12)6-10(11)13/h2-6H,7,13H2,1H3. The highest BCUT2D eigenvalue weighted by Crippen LogP contribution is 2.22. The maximum Gasteiger partial charge on any atom is 0.142 e. The molecule has 0 spiro atoms. The van der Waals surface area contributed by atoms with Crippen LogP contribution < -0.4 is 10.5 Å². The van der Waals surface area contributed by atoms with Crippen molar-refractivity contribution in [2.75, 3.05) is 5.73 Å². The first-order chi connectivity index (χ1) is 7.65.